The highest BCUT2D eigenvalue weighted by Crippen LogP contribution is 2.27. The lowest BCUT2D eigenvalue weighted by atomic mass is 10.2. The predicted octanol–water partition coefficient (Wildman–Crippen LogP) is 2.89. The quantitative estimate of drug-likeness (QED) is 0.794. The number of thiazole rings is 1. The number of carboxylic acids is 1. The minimum atomic E-state index is -0.876. The lowest BCUT2D eigenvalue weighted by Crippen LogP contribution is -1.99. The maximum atomic E-state index is 10.6. The molecule has 6 heteroatoms. The summed E-state index contributed by atoms with van der Waals surface area (Å²) < 4.78 is 5.41. The van der Waals surface area contributed by atoms with Gasteiger partial charge in [-0.2, -0.15) is 0 Å². The van der Waals surface area contributed by atoms with Crippen molar-refractivity contribution < 1.29 is 14.3 Å². The average molecular weight is 274 g/mol. The van der Waals surface area contributed by atoms with Crippen LogP contribution in [0, 0.1) is 6.92 Å². The van der Waals surface area contributed by atoms with Gasteiger partial charge in [0, 0.05) is 17.9 Å². The van der Waals surface area contributed by atoms with Crippen LogP contribution in [-0.4, -0.2) is 21.0 Å². The molecule has 0 atom stereocenters. The second-order valence-corrected chi connectivity index (χ2v) is 4.99. The number of fused-ring (bicyclic) bond motifs is 1. The minimum Gasteiger partial charge on any atom is -0.481 e. The van der Waals surface area contributed by atoms with Crippen molar-refractivity contribution in [2.24, 2.45) is 0 Å². The number of nitrogens with zero attached hydrogens (tertiary/aromatic N) is 2. The highest BCUT2D eigenvalue weighted by atomic mass is 32.1. The molecule has 0 radical (unpaired) electrons. The Kier molecular flexibility index (Phi) is 2.79. The zero-order chi connectivity index (χ0) is 13.4. The largest absolute Gasteiger partial charge is 0.481 e. The summed E-state index contributed by atoms with van der Waals surface area (Å²) in [7, 11) is 0. The molecule has 0 spiro atoms. The van der Waals surface area contributed by atoms with Crippen LogP contribution in [0.4, 0.5) is 0 Å². The van der Waals surface area contributed by atoms with E-state index in [2.05, 4.69) is 9.97 Å². The first-order valence-electron chi connectivity index (χ1n) is 5.65. The van der Waals surface area contributed by atoms with Gasteiger partial charge < -0.3 is 9.52 Å². The van der Waals surface area contributed by atoms with Gasteiger partial charge in [0.25, 0.3) is 0 Å². The number of aromatic nitrogens is 2. The number of hydrogen-bond acceptors (Lipinski definition) is 5. The fraction of sp³-hybridized carbons (Fsp3) is 0.154. The van der Waals surface area contributed by atoms with Crippen LogP contribution in [0.3, 0.4) is 0 Å². The molecule has 3 rings (SSSR count). The van der Waals surface area contributed by atoms with Crippen molar-refractivity contribution in [1.82, 2.24) is 9.97 Å². The molecule has 1 N–H and O–H groups in total. The fourth-order valence-corrected chi connectivity index (χ4v) is 2.67. The Morgan fingerprint density at radius 2 is 2.26 bits per heavy atom. The van der Waals surface area contributed by atoms with Gasteiger partial charge in [0.05, 0.1) is 12.1 Å². The first kappa shape index (κ1) is 11.9. The molecule has 0 saturated carbocycles. The van der Waals surface area contributed by atoms with Crippen molar-refractivity contribution in [3.8, 4) is 10.6 Å². The maximum absolute atomic E-state index is 10.6. The van der Waals surface area contributed by atoms with E-state index >= 15 is 0 Å². The highest BCUT2D eigenvalue weighted by Gasteiger charge is 2.10. The molecule has 96 valence electrons. The van der Waals surface area contributed by atoms with Crippen LogP contribution in [0.1, 0.15) is 11.6 Å². The number of oxazole rings is 1. The van der Waals surface area contributed by atoms with E-state index in [0.717, 1.165) is 21.7 Å². The number of aryl methyl sites for hydroxylation is 1. The van der Waals surface area contributed by atoms with E-state index in [1.165, 1.54) is 11.3 Å². The van der Waals surface area contributed by atoms with E-state index in [-0.39, 0.29) is 6.42 Å². The summed E-state index contributed by atoms with van der Waals surface area (Å²) >= 11 is 1.43. The normalized spacial score (nSPS) is 11.0. The van der Waals surface area contributed by atoms with Gasteiger partial charge in [-0.1, -0.05) is 0 Å². The third kappa shape index (κ3) is 2.34. The third-order valence-electron chi connectivity index (χ3n) is 2.63. The van der Waals surface area contributed by atoms with Gasteiger partial charge in [-0.25, -0.2) is 9.97 Å². The monoisotopic (exact) mass is 274 g/mol. The molecule has 0 bridgehead atoms. The standard InChI is InChI=1S/C13H10N2O3S/c1-7-14-10-4-8(2-3-11(10)18-7)13-15-9(6-19-13)5-12(16)17/h2-4,6H,5H2,1H3,(H,16,17). The summed E-state index contributed by atoms with van der Waals surface area (Å²) in [4.78, 5) is 19.2. The van der Waals surface area contributed by atoms with E-state index in [9.17, 15) is 4.79 Å². The van der Waals surface area contributed by atoms with Crippen molar-refractivity contribution in [3.63, 3.8) is 0 Å². The molecule has 2 aromatic heterocycles. The zero-order valence-electron chi connectivity index (χ0n) is 10.1. The molecule has 19 heavy (non-hydrogen) atoms. The number of carbonyl (C=O) groups is 1. The van der Waals surface area contributed by atoms with E-state index in [4.69, 9.17) is 9.52 Å². The molecule has 2 heterocycles. The second kappa shape index (κ2) is 4.47. The van der Waals surface area contributed by atoms with Crippen molar-refractivity contribution in [1.29, 1.82) is 0 Å². The van der Waals surface area contributed by atoms with Gasteiger partial charge in [-0.3, -0.25) is 4.79 Å². The summed E-state index contributed by atoms with van der Waals surface area (Å²) in [6, 6.07) is 5.65. The summed E-state index contributed by atoms with van der Waals surface area (Å²) in [5.41, 5.74) is 3.01. The first-order chi connectivity index (χ1) is 9.11. The lowest BCUT2D eigenvalue weighted by Gasteiger charge is -1.95. The molecule has 0 saturated heterocycles. The first-order valence-corrected chi connectivity index (χ1v) is 6.53. The Morgan fingerprint density at radius 3 is 3.05 bits per heavy atom. The van der Waals surface area contributed by atoms with Crippen molar-refractivity contribution >= 4 is 28.4 Å². The molecule has 5 nitrogen and oxygen atoms in total. The topological polar surface area (TPSA) is 76.2 Å². The molecule has 0 unspecified atom stereocenters. The molecule has 0 aliphatic heterocycles. The van der Waals surface area contributed by atoms with E-state index in [1.807, 2.05) is 18.2 Å². The molecule has 0 aliphatic rings. The Bertz CT molecular complexity index is 760. The SMILES string of the molecule is Cc1nc2cc(-c3nc(CC(=O)O)cs3)ccc2o1. The van der Waals surface area contributed by atoms with Gasteiger partial charge in [-0.15, -0.1) is 11.3 Å². The molecule has 0 fully saturated rings. The van der Waals surface area contributed by atoms with Crippen molar-refractivity contribution in [3.05, 3.63) is 35.2 Å². The van der Waals surface area contributed by atoms with Crippen LogP contribution in [0.15, 0.2) is 28.0 Å². The van der Waals surface area contributed by atoms with Crippen molar-refractivity contribution in [2.45, 2.75) is 13.3 Å². The van der Waals surface area contributed by atoms with Crippen LogP contribution in [0.5, 0.6) is 0 Å². The minimum absolute atomic E-state index is 0.0538. The number of rotatable bonds is 3. The van der Waals surface area contributed by atoms with Crippen LogP contribution in [0.25, 0.3) is 21.7 Å². The number of benzene rings is 1. The van der Waals surface area contributed by atoms with E-state index in [1.54, 1.807) is 12.3 Å². The van der Waals surface area contributed by atoms with E-state index in [0.29, 0.717) is 11.6 Å². The summed E-state index contributed by atoms with van der Waals surface area (Å²) in [5, 5.41) is 11.3. The van der Waals surface area contributed by atoms with Crippen LogP contribution in [-0.2, 0) is 11.2 Å². The average Bonchev–Trinajstić information content (AvgIpc) is 2.92. The van der Waals surface area contributed by atoms with E-state index < -0.39 is 5.97 Å². The molecule has 1 aromatic carbocycles. The number of aliphatic carboxylic acids is 1. The van der Waals surface area contributed by atoms with Crippen LogP contribution in [0.2, 0.25) is 0 Å². The smallest absolute Gasteiger partial charge is 0.309 e. The molecular weight excluding hydrogens is 264 g/mol. The molecule has 0 amide bonds. The maximum Gasteiger partial charge on any atom is 0.309 e. The second-order valence-electron chi connectivity index (χ2n) is 4.13. The van der Waals surface area contributed by atoms with Gasteiger partial charge in [-0.05, 0) is 18.2 Å². The molecule has 0 aliphatic carbocycles. The molecular formula is C13H10N2O3S. The van der Waals surface area contributed by atoms with Crippen LogP contribution >= 0.6 is 11.3 Å². The number of hydrogen-bond donors (Lipinski definition) is 1. The van der Waals surface area contributed by atoms with Gasteiger partial charge in [0.1, 0.15) is 10.5 Å². The van der Waals surface area contributed by atoms with Crippen molar-refractivity contribution in [2.75, 3.05) is 0 Å². The Hall–Kier alpha value is -2.21. The summed E-state index contributed by atoms with van der Waals surface area (Å²) in [5.74, 6) is -0.253. The fourth-order valence-electron chi connectivity index (χ4n) is 1.85. The summed E-state index contributed by atoms with van der Waals surface area (Å²) in [6.07, 6.45) is -0.0538. The Labute approximate surface area is 112 Å². The number of carboxylic acid groups (broad SMARTS) is 1. The third-order valence-corrected chi connectivity index (χ3v) is 3.57. The summed E-state index contributed by atoms with van der Waals surface area (Å²) in [6.45, 7) is 1.80. The van der Waals surface area contributed by atoms with Crippen LogP contribution < -0.4 is 0 Å². The zero-order valence-corrected chi connectivity index (χ0v) is 10.9. The highest BCUT2D eigenvalue weighted by molar-refractivity contribution is 7.13. The predicted molar refractivity (Wildman–Crippen MR) is 71.2 cm³/mol. The van der Waals surface area contributed by atoms with Gasteiger partial charge in [0.2, 0.25) is 0 Å². The van der Waals surface area contributed by atoms with Gasteiger partial charge in [0.15, 0.2) is 11.5 Å². The Balaban J connectivity index is 1.98. The lowest BCUT2D eigenvalue weighted by molar-refractivity contribution is -0.136. The Morgan fingerprint density at radius 1 is 1.42 bits per heavy atom. The van der Waals surface area contributed by atoms with Gasteiger partial charge >= 0.3 is 5.97 Å². The molecule has 3 aromatic rings.